The minimum atomic E-state index is 1.01. The highest BCUT2D eigenvalue weighted by molar-refractivity contribution is 5.97. The first-order valence-electron chi connectivity index (χ1n) is 10.6. The fraction of sp³-hybridized carbons (Fsp3) is 0.480. The number of anilines is 1. The van der Waals surface area contributed by atoms with Crippen LogP contribution >= 0.6 is 0 Å². The van der Waals surface area contributed by atoms with E-state index in [2.05, 4.69) is 77.4 Å². The van der Waals surface area contributed by atoms with Crippen molar-refractivity contribution in [2.45, 2.75) is 74.7 Å². The molecule has 28 heavy (non-hydrogen) atoms. The Labute approximate surface area is 170 Å². The molecule has 0 fully saturated rings. The zero-order valence-electron chi connectivity index (χ0n) is 18.9. The first-order valence-corrected chi connectivity index (χ1v) is 10.6. The lowest BCUT2D eigenvalue weighted by molar-refractivity contribution is 0.834. The Morgan fingerprint density at radius 1 is 0.964 bits per heavy atom. The van der Waals surface area contributed by atoms with Gasteiger partial charge in [0.15, 0.2) is 0 Å². The number of unbranched alkanes of at least 4 members (excludes halogenated alkanes) is 1. The normalized spacial score (nSPS) is 11.4. The largest absolute Gasteiger partial charge is 0.384 e. The van der Waals surface area contributed by atoms with Crippen LogP contribution in [-0.4, -0.2) is 16.1 Å². The van der Waals surface area contributed by atoms with Gasteiger partial charge < -0.3 is 5.32 Å². The lowest BCUT2D eigenvalue weighted by Gasteiger charge is -2.17. The quantitative estimate of drug-likeness (QED) is 0.487. The average Bonchev–Trinajstić information content (AvgIpc) is 2.89. The summed E-state index contributed by atoms with van der Waals surface area (Å²) in [7, 11) is 0. The molecule has 150 valence electrons. The number of nitrogens with zero attached hydrogens (tertiary/aromatic N) is 2. The summed E-state index contributed by atoms with van der Waals surface area (Å²) >= 11 is 0. The fourth-order valence-corrected chi connectivity index (χ4v) is 4.54. The molecule has 2 aromatic heterocycles. The third-order valence-corrected chi connectivity index (χ3v) is 6.00. The van der Waals surface area contributed by atoms with E-state index in [1.54, 1.807) is 0 Å². The van der Waals surface area contributed by atoms with Gasteiger partial charge in [-0.15, -0.1) is 0 Å². The van der Waals surface area contributed by atoms with Crippen LogP contribution in [0.25, 0.3) is 16.7 Å². The van der Waals surface area contributed by atoms with Crippen molar-refractivity contribution >= 4 is 16.7 Å². The molecule has 3 heteroatoms. The fourth-order valence-electron chi connectivity index (χ4n) is 4.54. The Morgan fingerprint density at radius 2 is 1.61 bits per heavy atom. The Kier molecular flexibility index (Phi) is 5.83. The number of fused-ring (bicyclic) bond motifs is 1. The van der Waals surface area contributed by atoms with Crippen LogP contribution in [0.1, 0.15) is 65.9 Å². The van der Waals surface area contributed by atoms with Gasteiger partial charge in [0.05, 0.1) is 11.4 Å². The van der Waals surface area contributed by atoms with E-state index in [0.29, 0.717) is 0 Å². The minimum absolute atomic E-state index is 1.01. The number of hydrogen-bond donors (Lipinski definition) is 1. The summed E-state index contributed by atoms with van der Waals surface area (Å²) in [6.45, 7) is 18.7. The van der Waals surface area contributed by atoms with Gasteiger partial charge in [0.25, 0.3) is 0 Å². The SMILES string of the molecule is CCCCNc1c(C)c(C)nc2c1c(CC)c(C)n2-c1c(C)cc(C)cc1C. The highest BCUT2D eigenvalue weighted by atomic mass is 15.1. The second-order valence-electron chi connectivity index (χ2n) is 8.18. The number of hydrogen-bond acceptors (Lipinski definition) is 2. The Bertz CT molecular complexity index is 1000. The second kappa shape index (κ2) is 7.98. The molecule has 0 saturated carbocycles. The zero-order valence-corrected chi connectivity index (χ0v) is 18.9. The number of pyridine rings is 1. The molecule has 3 aromatic rings. The number of benzene rings is 1. The lowest BCUT2D eigenvalue weighted by atomic mass is 10.0. The van der Waals surface area contributed by atoms with Crippen LogP contribution in [0.15, 0.2) is 12.1 Å². The number of aryl methyl sites for hydroxylation is 5. The molecule has 3 rings (SSSR count). The lowest BCUT2D eigenvalue weighted by Crippen LogP contribution is -2.07. The molecule has 0 aliphatic rings. The van der Waals surface area contributed by atoms with Crippen molar-refractivity contribution < 1.29 is 0 Å². The Hall–Kier alpha value is -2.29. The molecule has 0 amide bonds. The van der Waals surface area contributed by atoms with Crippen molar-refractivity contribution in [3.05, 3.63) is 51.3 Å². The smallest absolute Gasteiger partial charge is 0.147 e. The van der Waals surface area contributed by atoms with E-state index in [-0.39, 0.29) is 0 Å². The van der Waals surface area contributed by atoms with Gasteiger partial charge in [-0.2, -0.15) is 0 Å². The summed E-state index contributed by atoms with van der Waals surface area (Å²) in [6.07, 6.45) is 3.38. The van der Waals surface area contributed by atoms with Crippen LogP contribution < -0.4 is 5.32 Å². The minimum Gasteiger partial charge on any atom is -0.384 e. The topological polar surface area (TPSA) is 29.9 Å². The zero-order chi connectivity index (χ0) is 20.6. The summed E-state index contributed by atoms with van der Waals surface area (Å²) in [5.41, 5.74) is 12.7. The molecule has 0 aliphatic carbocycles. The molecule has 1 aromatic carbocycles. The van der Waals surface area contributed by atoms with Crippen LogP contribution in [-0.2, 0) is 6.42 Å². The molecule has 0 aliphatic heterocycles. The monoisotopic (exact) mass is 377 g/mol. The Morgan fingerprint density at radius 3 is 2.18 bits per heavy atom. The predicted octanol–water partition coefficient (Wildman–Crippen LogP) is 6.65. The molecule has 0 unspecified atom stereocenters. The molecule has 1 N–H and O–H groups in total. The highest BCUT2D eigenvalue weighted by Crippen LogP contribution is 2.38. The van der Waals surface area contributed by atoms with Gasteiger partial charge in [-0.1, -0.05) is 38.0 Å². The summed E-state index contributed by atoms with van der Waals surface area (Å²) in [5.74, 6) is 0. The van der Waals surface area contributed by atoms with Gasteiger partial charge >= 0.3 is 0 Å². The first kappa shape index (κ1) is 20.4. The van der Waals surface area contributed by atoms with E-state index in [1.807, 2.05) is 0 Å². The van der Waals surface area contributed by atoms with E-state index in [9.17, 15) is 0 Å². The summed E-state index contributed by atoms with van der Waals surface area (Å²) in [6, 6.07) is 4.56. The van der Waals surface area contributed by atoms with Crippen molar-refractivity contribution in [1.82, 2.24) is 9.55 Å². The van der Waals surface area contributed by atoms with E-state index in [0.717, 1.165) is 24.3 Å². The maximum absolute atomic E-state index is 5.10. The van der Waals surface area contributed by atoms with E-state index in [1.165, 1.54) is 63.1 Å². The maximum Gasteiger partial charge on any atom is 0.147 e. The molecule has 2 heterocycles. The van der Waals surface area contributed by atoms with Gasteiger partial charge in [0.1, 0.15) is 5.65 Å². The van der Waals surface area contributed by atoms with Crippen molar-refractivity contribution in [3.63, 3.8) is 0 Å². The molecular weight excluding hydrogens is 342 g/mol. The van der Waals surface area contributed by atoms with Crippen LogP contribution in [0.3, 0.4) is 0 Å². The molecule has 0 radical (unpaired) electrons. The molecule has 0 spiro atoms. The van der Waals surface area contributed by atoms with E-state index < -0.39 is 0 Å². The van der Waals surface area contributed by atoms with Gasteiger partial charge in [0, 0.05) is 23.3 Å². The number of rotatable bonds is 6. The third kappa shape index (κ3) is 3.32. The molecule has 0 saturated heterocycles. The van der Waals surface area contributed by atoms with Crippen LogP contribution in [0, 0.1) is 41.5 Å². The first-order chi connectivity index (χ1) is 13.3. The Balaban J connectivity index is 2.39. The molecule has 0 atom stereocenters. The van der Waals surface area contributed by atoms with E-state index in [4.69, 9.17) is 4.98 Å². The average molecular weight is 378 g/mol. The molecular formula is C25H35N3. The number of aromatic nitrogens is 2. The maximum atomic E-state index is 5.10. The summed E-state index contributed by atoms with van der Waals surface area (Å²) < 4.78 is 2.40. The van der Waals surface area contributed by atoms with Gasteiger partial charge in [-0.3, -0.25) is 4.57 Å². The predicted molar refractivity (Wildman–Crippen MR) is 122 cm³/mol. The third-order valence-electron chi connectivity index (χ3n) is 6.00. The highest BCUT2D eigenvalue weighted by Gasteiger charge is 2.22. The van der Waals surface area contributed by atoms with Gasteiger partial charge in [-0.05, 0) is 76.6 Å². The van der Waals surface area contributed by atoms with Crippen LogP contribution in [0.2, 0.25) is 0 Å². The number of nitrogens with one attached hydrogen (secondary N) is 1. The van der Waals surface area contributed by atoms with Crippen LogP contribution in [0.5, 0.6) is 0 Å². The summed E-state index contributed by atoms with van der Waals surface area (Å²) in [5, 5.41) is 5.05. The van der Waals surface area contributed by atoms with E-state index >= 15 is 0 Å². The van der Waals surface area contributed by atoms with Crippen molar-refractivity contribution in [2.24, 2.45) is 0 Å². The van der Waals surface area contributed by atoms with Crippen molar-refractivity contribution in [2.75, 3.05) is 11.9 Å². The summed E-state index contributed by atoms with van der Waals surface area (Å²) in [4.78, 5) is 5.10. The molecule has 0 bridgehead atoms. The standard InChI is InChI=1S/C25H35N3/c1-9-11-12-26-23-18(6)19(7)27-25-22(23)21(10-2)20(8)28(25)24-16(4)13-15(3)14-17(24)5/h13-14H,9-12H2,1-8H3,(H,26,27). The van der Waals surface area contributed by atoms with Gasteiger partial charge in [0.2, 0.25) is 0 Å². The second-order valence-corrected chi connectivity index (χ2v) is 8.18. The van der Waals surface area contributed by atoms with Crippen molar-refractivity contribution in [3.8, 4) is 5.69 Å². The van der Waals surface area contributed by atoms with Crippen molar-refractivity contribution in [1.29, 1.82) is 0 Å². The molecule has 3 nitrogen and oxygen atoms in total. The van der Waals surface area contributed by atoms with Gasteiger partial charge in [-0.25, -0.2) is 4.98 Å². The van der Waals surface area contributed by atoms with Crippen LogP contribution in [0.4, 0.5) is 5.69 Å².